The molecular formula is C27H38O4. The van der Waals surface area contributed by atoms with Gasteiger partial charge >= 0.3 is 0 Å². The highest BCUT2D eigenvalue weighted by Crippen LogP contribution is 2.44. The van der Waals surface area contributed by atoms with Crippen LogP contribution >= 0.6 is 0 Å². The first kappa shape index (κ1) is 25.2. The lowest BCUT2D eigenvalue weighted by molar-refractivity contribution is -0.160. The molecule has 2 atom stereocenters. The van der Waals surface area contributed by atoms with Crippen LogP contribution < -0.4 is 0 Å². The number of hydrogen-bond acceptors (Lipinski definition) is 4. The van der Waals surface area contributed by atoms with E-state index in [4.69, 9.17) is 0 Å². The van der Waals surface area contributed by atoms with Gasteiger partial charge in [-0.15, -0.1) is 0 Å². The summed E-state index contributed by atoms with van der Waals surface area (Å²) in [6.07, 6.45) is 6.88. The predicted molar refractivity (Wildman–Crippen MR) is 123 cm³/mol. The second kappa shape index (κ2) is 12.1. The average molecular weight is 427 g/mol. The highest BCUT2D eigenvalue weighted by atomic mass is 16.2. The summed E-state index contributed by atoms with van der Waals surface area (Å²) >= 11 is 0. The van der Waals surface area contributed by atoms with Crippen molar-refractivity contribution in [1.29, 1.82) is 0 Å². The minimum Gasteiger partial charge on any atom is -0.298 e. The number of carbonyl (C=O) groups excluding carboxylic acids is 4. The fraction of sp³-hybridized carbons (Fsp3) is 0.630. The van der Waals surface area contributed by atoms with Crippen LogP contribution in [0.3, 0.4) is 0 Å². The van der Waals surface area contributed by atoms with Gasteiger partial charge in [0.05, 0.1) is 11.3 Å². The molecule has 0 aliphatic heterocycles. The minimum atomic E-state index is -1.27. The second-order valence-corrected chi connectivity index (χ2v) is 9.00. The first-order chi connectivity index (χ1) is 14.9. The molecule has 2 rings (SSSR count). The third-order valence-corrected chi connectivity index (χ3v) is 6.74. The van der Waals surface area contributed by atoms with Crippen molar-refractivity contribution in [3.05, 3.63) is 35.9 Å². The number of carbonyl (C=O) groups is 4. The molecule has 0 aromatic heterocycles. The molecule has 1 aromatic rings. The standard InChI is InChI=1S/C27H38O4/c1-4-7-15-21-24(29)23(22(28)17-16-20-13-11-10-12-14-20)26(31)27(25(21)30,18-8-5-2)19-9-6-3/h10-14,21,23H,4-9,15-19H2,1-3H3. The van der Waals surface area contributed by atoms with Crippen LogP contribution in [0, 0.1) is 17.3 Å². The van der Waals surface area contributed by atoms with Gasteiger partial charge in [0.15, 0.2) is 23.1 Å². The second-order valence-electron chi connectivity index (χ2n) is 9.00. The lowest BCUT2D eigenvalue weighted by atomic mass is 9.57. The zero-order chi connectivity index (χ0) is 22.9. The summed E-state index contributed by atoms with van der Waals surface area (Å²) in [5.41, 5.74) is -0.154. The van der Waals surface area contributed by atoms with Crippen molar-refractivity contribution in [2.24, 2.45) is 17.3 Å². The predicted octanol–water partition coefficient (Wildman–Crippen LogP) is 5.70. The van der Waals surface area contributed by atoms with Crippen molar-refractivity contribution < 1.29 is 19.2 Å². The van der Waals surface area contributed by atoms with Gasteiger partial charge in [-0.05, 0) is 31.2 Å². The van der Waals surface area contributed by atoms with Crippen molar-refractivity contribution in [2.45, 2.75) is 91.4 Å². The summed E-state index contributed by atoms with van der Waals surface area (Å²) in [4.78, 5) is 53.7. The number of benzene rings is 1. The molecule has 2 unspecified atom stereocenters. The molecule has 0 bridgehead atoms. The molecule has 1 aromatic carbocycles. The third kappa shape index (κ3) is 5.78. The molecule has 1 saturated carbocycles. The fourth-order valence-corrected chi connectivity index (χ4v) is 4.81. The van der Waals surface area contributed by atoms with Crippen molar-refractivity contribution >= 4 is 23.1 Å². The molecule has 0 N–H and O–H groups in total. The normalized spacial score (nSPS) is 20.8. The van der Waals surface area contributed by atoms with Crippen LogP contribution in [-0.2, 0) is 25.6 Å². The van der Waals surface area contributed by atoms with Gasteiger partial charge in [-0.3, -0.25) is 19.2 Å². The first-order valence-electron chi connectivity index (χ1n) is 12.1. The highest BCUT2D eigenvalue weighted by Gasteiger charge is 2.58. The van der Waals surface area contributed by atoms with Crippen LogP contribution in [0.1, 0.15) is 90.5 Å². The maximum Gasteiger partial charge on any atom is 0.164 e. The Morgan fingerprint density at radius 3 is 1.97 bits per heavy atom. The molecule has 0 radical (unpaired) electrons. The molecule has 0 spiro atoms. The Morgan fingerprint density at radius 2 is 1.42 bits per heavy atom. The minimum absolute atomic E-state index is 0.151. The van der Waals surface area contributed by atoms with Crippen LogP contribution in [0.2, 0.25) is 0 Å². The molecule has 1 fully saturated rings. The lowest BCUT2D eigenvalue weighted by Crippen LogP contribution is -2.57. The van der Waals surface area contributed by atoms with E-state index in [9.17, 15) is 19.2 Å². The Morgan fingerprint density at radius 1 is 0.839 bits per heavy atom. The van der Waals surface area contributed by atoms with E-state index < -0.39 is 28.8 Å². The van der Waals surface area contributed by atoms with Crippen LogP contribution in [0.5, 0.6) is 0 Å². The van der Waals surface area contributed by atoms with Gasteiger partial charge in [-0.1, -0.05) is 89.6 Å². The number of aryl methyl sites for hydroxylation is 1. The number of hydrogen-bond donors (Lipinski definition) is 0. The van der Waals surface area contributed by atoms with E-state index >= 15 is 0 Å². The Kier molecular flexibility index (Phi) is 9.80. The zero-order valence-electron chi connectivity index (χ0n) is 19.5. The third-order valence-electron chi connectivity index (χ3n) is 6.74. The first-order valence-corrected chi connectivity index (χ1v) is 12.1. The monoisotopic (exact) mass is 426 g/mol. The summed E-state index contributed by atoms with van der Waals surface area (Å²) in [6.45, 7) is 6.09. The smallest absolute Gasteiger partial charge is 0.164 e. The number of rotatable bonds is 13. The quantitative estimate of drug-likeness (QED) is 0.380. The number of Topliss-reactive ketones (excluding diaryl/α,β-unsaturated/α-hetero) is 4. The summed E-state index contributed by atoms with van der Waals surface area (Å²) in [5.74, 6) is -3.44. The summed E-state index contributed by atoms with van der Waals surface area (Å²) in [5, 5.41) is 0. The van der Waals surface area contributed by atoms with Crippen molar-refractivity contribution in [2.75, 3.05) is 0 Å². The van der Waals surface area contributed by atoms with E-state index in [-0.39, 0.29) is 18.0 Å². The van der Waals surface area contributed by atoms with Gasteiger partial charge < -0.3 is 0 Å². The van der Waals surface area contributed by atoms with E-state index in [0.29, 0.717) is 25.7 Å². The maximum absolute atomic E-state index is 13.7. The largest absolute Gasteiger partial charge is 0.298 e. The SMILES string of the molecule is CCCCC1C(=O)C(C(=O)CCc2ccccc2)C(=O)C(CCCC)(CCCC)C1=O. The van der Waals surface area contributed by atoms with E-state index in [1.54, 1.807) is 0 Å². The summed E-state index contributed by atoms with van der Waals surface area (Å²) in [7, 11) is 0. The molecule has 1 aliphatic carbocycles. The van der Waals surface area contributed by atoms with Gasteiger partial charge in [-0.2, -0.15) is 0 Å². The Labute approximate surface area is 187 Å². The molecule has 0 amide bonds. The van der Waals surface area contributed by atoms with Gasteiger partial charge in [0.1, 0.15) is 5.92 Å². The van der Waals surface area contributed by atoms with Crippen LogP contribution in [-0.4, -0.2) is 23.1 Å². The molecule has 4 nitrogen and oxygen atoms in total. The molecule has 31 heavy (non-hydrogen) atoms. The van der Waals surface area contributed by atoms with Crippen molar-refractivity contribution in [3.8, 4) is 0 Å². The van der Waals surface area contributed by atoms with Crippen LogP contribution in [0.4, 0.5) is 0 Å². The van der Waals surface area contributed by atoms with Gasteiger partial charge in [0.2, 0.25) is 0 Å². The lowest BCUT2D eigenvalue weighted by Gasteiger charge is -2.41. The Hall–Kier alpha value is -2.10. The van der Waals surface area contributed by atoms with Crippen LogP contribution in [0.25, 0.3) is 0 Å². The van der Waals surface area contributed by atoms with Gasteiger partial charge in [-0.25, -0.2) is 0 Å². The van der Waals surface area contributed by atoms with Gasteiger partial charge in [0.25, 0.3) is 0 Å². The summed E-state index contributed by atoms with van der Waals surface area (Å²) < 4.78 is 0. The van der Waals surface area contributed by atoms with E-state index in [1.807, 2.05) is 51.1 Å². The molecule has 1 aliphatic rings. The maximum atomic E-state index is 13.7. The Balaban J connectivity index is 2.36. The molecule has 0 heterocycles. The van der Waals surface area contributed by atoms with E-state index in [1.165, 1.54) is 0 Å². The molecule has 4 heteroatoms. The van der Waals surface area contributed by atoms with E-state index in [2.05, 4.69) is 0 Å². The number of ketones is 4. The fourth-order valence-electron chi connectivity index (χ4n) is 4.81. The highest BCUT2D eigenvalue weighted by molar-refractivity contribution is 6.33. The zero-order valence-corrected chi connectivity index (χ0v) is 19.5. The van der Waals surface area contributed by atoms with Gasteiger partial charge in [0, 0.05) is 6.42 Å². The van der Waals surface area contributed by atoms with Crippen molar-refractivity contribution in [3.63, 3.8) is 0 Å². The molecule has 170 valence electrons. The Bertz CT molecular complexity index is 757. The molecular weight excluding hydrogens is 388 g/mol. The van der Waals surface area contributed by atoms with Crippen LogP contribution in [0.15, 0.2) is 30.3 Å². The number of unbranched alkanes of at least 4 members (excludes halogenated alkanes) is 3. The van der Waals surface area contributed by atoms with Crippen molar-refractivity contribution in [1.82, 2.24) is 0 Å². The van der Waals surface area contributed by atoms with E-state index in [0.717, 1.165) is 44.1 Å². The molecule has 0 saturated heterocycles. The average Bonchev–Trinajstić information content (AvgIpc) is 2.78. The topological polar surface area (TPSA) is 68.3 Å². The summed E-state index contributed by atoms with van der Waals surface area (Å²) in [6, 6.07) is 9.63.